The number of carbonyl (C=O) groups is 1. The van der Waals surface area contributed by atoms with Crippen LogP contribution in [-0.2, 0) is 11.3 Å². The summed E-state index contributed by atoms with van der Waals surface area (Å²) in [5.41, 5.74) is 1.81. The minimum Gasteiger partial charge on any atom is -0.323 e. The minimum absolute atomic E-state index is 0.169. The van der Waals surface area contributed by atoms with Crippen LogP contribution in [0.2, 0.25) is 5.02 Å². The summed E-state index contributed by atoms with van der Waals surface area (Å²) in [6.07, 6.45) is 5.00. The van der Waals surface area contributed by atoms with E-state index in [1.54, 1.807) is 47.4 Å². The molecule has 28 heavy (non-hydrogen) atoms. The molecule has 1 fully saturated rings. The Kier molecular flexibility index (Phi) is 5.36. The van der Waals surface area contributed by atoms with Crippen LogP contribution in [-0.4, -0.2) is 38.2 Å². The number of carbonyl (C=O) groups excluding carboxylic acids is 1. The van der Waals surface area contributed by atoms with Crippen molar-refractivity contribution in [2.75, 3.05) is 11.9 Å². The minimum atomic E-state index is -0.253. The fraction of sp³-hybridized carbons (Fsp3) is 0.250. The van der Waals surface area contributed by atoms with Crippen molar-refractivity contribution in [1.29, 1.82) is 0 Å². The van der Waals surface area contributed by atoms with Gasteiger partial charge in [0.25, 0.3) is 0 Å². The van der Waals surface area contributed by atoms with E-state index in [1.165, 1.54) is 12.4 Å². The SMILES string of the molecule is O=C(CN(Cc1ccccc1F)C1CC1)Nc1cc(Cl)ccc1-n1cncn1. The van der Waals surface area contributed by atoms with Crippen LogP contribution in [0.3, 0.4) is 0 Å². The lowest BCUT2D eigenvalue weighted by molar-refractivity contribution is -0.117. The molecule has 0 atom stereocenters. The van der Waals surface area contributed by atoms with Gasteiger partial charge in [-0.3, -0.25) is 9.69 Å². The van der Waals surface area contributed by atoms with Crippen LogP contribution < -0.4 is 5.32 Å². The number of benzene rings is 2. The summed E-state index contributed by atoms with van der Waals surface area (Å²) in [5.74, 6) is -0.441. The molecule has 1 N–H and O–H groups in total. The molecule has 0 unspecified atom stereocenters. The highest BCUT2D eigenvalue weighted by molar-refractivity contribution is 6.31. The first kappa shape index (κ1) is 18.6. The van der Waals surface area contributed by atoms with E-state index < -0.39 is 0 Å². The highest BCUT2D eigenvalue weighted by Crippen LogP contribution is 2.29. The number of nitrogens with one attached hydrogen (secondary N) is 1. The van der Waals surface area contributed by atoms with Gasteiger partial charge >= 0.3 is 0 Å². The smallest absolute Gasteiger partial charge is 0.238 e. The molecule has 144 valence electrons. The van der Waals surface area contributed by atoms with Gasteiger partial charge in [0, 0.05) is 23.2 Å². The zero-order chi connectivity index (χ0) is 19.5. The van der Waals surface area contributed by atoms with E-state index in [9.17, 15) is 9.18 Å². The van der Waals surface area contributed by atoms with Crippen molar-refractivity contribution < 1.29 is 9.18 Å². The molecule has 1 aromatic heterocycles. The van der Waals surface area contributed by atoms with Crippen molar-refractivity contribution in [1.82, 2.24) is 19.7 Å². The molecule has 2 aromatic carbocycles. The molecule has 0 spiro atoms. The molecule has 0 bridgehead atoms. The van der Waals surface area contributed by atoms with Crippen molar-refractivity contribution in [3.63, 3.8) is 0 Å². The van der Waals surface area contributed by atoms with Crippen LogP contribution in [0.4, 0.5) is 10.1 Å². The van der Waals surface area contributed by atoms with Gasteiger partial charge in [-0.2, -0.15) is 5.10 Å². The Balaban J connectivity index is 1.49. The predicted octanol–water partition coefficient (Wildman–Crippen LogP) is 3.66. The third-order valence-electron chi connectivity index (χ3n) is 4.64. The maximum absolute atomic E-state index is 14.0. The molecule has 1 amide bonds. The van der Waals surface area contributed by atoms with Gasteiger partial charge < -0.3 is 5.32 Å². The summed E-state index contributed by atoms with van der Waals surface area (Å²) in [4.78, 5) is 18.7. The zero-order valence-electron chi connectivity index (χ0n) is 15.1. The first-order chi connectivity index (χ1) is 13.6. The Morgan fingerprint density at radius 2 is 2.11 bits per heavy atom. The number of halogens is 2. The molecular formula is C20H19ClFN5O. The molecule has 0 radical (unpaired) electrons. The molecule has 1 aliphatic rings. The van der Waals surface area contributed by atoms with Gasteiger partial charge in [0.05, 0.1) is 17.9 Å². The van der Waals surface area contributed by atoms with Crippen LogP contribution in [0, 0.1) is 5.82 Å². The number of amides is 1. The monoisotopic (exact) mass is 399 g/mol. The fourth-order valence-electron chi connectivity index (χ4n) is 3.11. The first-order valence-corrected chi connectivity index (χ1v) is 9.40. The number of rotatable bonds is 7. The quantitative estimate of drug-likeness (QED) is 0.658. The average Bonchev–Trinajstić information content (AvgIpc) is 3.38. The normalized spacial score (nSPS) is 13.7. The van der Waals surface area contributed by atoms with Crippen LogP contribution >= 0.6 is 11.6 Å². The summed E-state index contributed by atoms with van der Waals surface area (Å²) in [6.45, 7) is 0.568. The number of nitrogens with zero attached hydrogens (tertiary/aromatic N) is 4. The van der Waals surface area contributed by atoms with E-state index in [0.717, 1.165) is 12.8 Å². The van der Waals surface area contributed by atoms with Crippen LogP contribution in [0.25, 0.3) is 5.69 Å². The fourth-order valence-corrected chi connectivity index (χ4v) is 3.29. The third kappa shape index (κ3) is 4.37. The molecular weight excluding hydrogens is 381 g/mol. The van der Waals surface area contributed by atoms with E-state index in [2.05, 4.69) is 15.4 Å². The van der Waals surface area contributed by atoms with E-state index in [-0.39, 0.29) is 18.3 Å². The van der Waals surface area contributed by atoms with Crippen molar-refractivity contribution in [3.8, 4) is 5.69 Å². The van der Waals surface area contributed by atoms with Gasteiger partial charge in [0.1, 0.15) is 18.5 Å². The Morgan fingerprint density at radius 3 is 2.82 bits per heavy atom. The highest BCUT2D eigenvalue weighted by atomic mass is 35.5. The summed E-state index contributed by atoms with van der Waals surface area (Å²) >= 11 is 6.10. The largest absolute Gasteiger partial charge is 0.323 e. The van der Waals surface area contributed by atoms with Gasteiger partial charge in [-0.05, 0) is 37.1 Å². The van der Waals surface area contributed by atoms with E-state index in [0.29, 0.717) is 34.5 Å². The lowest BCUT2D eigenvalue weighted by Gasteiger charge is -2.22. The van der Waals surface area contributed by atoms with Crippen molar-refractivity contribution in [2.24, 2.45) is 0 Å². The van der Waals surface area contributed by atoms with Gasteiger partial charge in [-0.25, -0.2) is 14.1 Å². The predicted molar refractivity (Wildman–Crippen MR) is 105 cm³/mol. The second-order valence-electron chi connectivity index (χ2n) is 6.78. The Bertz CT molecular complexity index is 974. The van der Waals surface area contributed by atoms with E-state index >= 15 is 0 Å². The summed E-state index contributed by atoms with van der Waals surface area (Å²) in [5, 5.41) is 7.52. The van der Waals surface area contributed by atoms with E-state index in [4.69, 9.17) is 11.6 Å². The summed E-state index contributed by atoms with van der Waals surface area (Å²) < 4.78 is 15.6. The Labute approximate surface area is 166 Å². The average molecular weight is 400 g/mol. The van der Waals surface area contributed by atoms with Crippen molar-refractivity contribution >= 4 is 23.2 Å². The van der Waals surface area contributed by atoms with E-state index in [1.807, 2.05) is 4.90 Å². The van der Waals surface area contributed by atoms with Gasteiger partial charge in [0.15, 0.2) is 0 Å². The second kappa shape index (κ2) is 8.08. The Hall–Kier alpha value is -2.77. The van der Waals surface area contributed by atoms with Crippen LogP contribution in [0.15, 0.2) is 55.1 Å². The standard InChI is InChI=1S/C20H19ClFN5O/c21-15-5-8-19(27-13-23-12-24-27)18(9-15)25-20(28)11-26(16-6-7-16)10-14-3-1-2-4-17(14)22/h1-5,8-9,12-13,16H,6-7,10-11H2,(H,25,28). The molecule has 1 heterocycles. The van der Waals surface area contributed by atoms with Crippen LogP contribution in [0.5, 0.6) is 0 Å². The van der Waals surface area contributed by atoms with Gasteiger partial charge in [-0.1, -0.05) is 29.8 Å². The first-order valence-electron chi connectivity index (χ1n) is 9.02. The van der Waals surface area contributed by atoms with Crippen LogP contribution in [0.1, 0.15) is 18.4 Å². The number of aromatic nitrogens is 3. The second-order valence-corrected chi connectivity index (χ2v) is 7.21. The van der Waals surface area contributed by atoms with Gasteiger partial charge in [0.2, 0.25) is 5.91 Å². The summed E-state index contributed by atoms with van der Waals surface area (Å²) in [6, 6.07) is 12.1. The lowest BCUT2D eigenvalue weighted by atomic mass is 10.2. The van der Waals surface area contributed by atoms with Gasteiger partial charge in [-0.15, -0.1) is 0 Å². The topological polar surface area (TPSA) is 63.1 Å². The molecule has 4 rings (SSSR count). The molecule has 1 aliphatic carbocycles. The maximum atomic E-state index is 14.0. The van der Waals surface area contributed by atoms with Crippen molar-refractivity contribution in [2.45, 2.75) is 25.4 Å². The number of hydrogen-bond acceptors (Lipinski definition) is 4. The molecule has 0 aliphatic heterocycles. The maximum Gasteiger partial charge on any atom is 0.238 e. The molecule has 0 saturated heterocycles. The molecule has 6 nitrogen and oxygen atoms in total. The number of hydrogen-bond donors (Lipinski definition) is 1. The number of anilines is 1. The molecule has 1 saturated carbocycles. The highest BCUT2D eigenvalue weighted by Gasteiger charge is 2.31. The Morgan fingerprint density at radius 1 is 1.29 bits per heavy atom. The van der Waals surface area contributed by atoms with Crippen molar-refractivity contribution in [3.05, 3.63) is 71.5 Å². The lowest BCUT2D eigenvalue weighted by Crippen LogP contribution is -2.35. The third-order valence-corrected chi connectivity index (χ3v) is 4.87. The molecule has 3 aromatic rings. The zero-order valence-corrected chi connectivity index (χ0v) is 15.8. The molecule has 8 heteroatoms. The summed E-state index contributed by atoms with van der Waals surface area (Å²) in [7, 11) is 0.